The van der Waals surface area contributed by atoms with Crippen LogP contribution < -0.4 is 20.1 Å². The third-order valence-corrected chi connectivity index (χ3v) is 5.03. The van der Waals surface area contributed by atoms with Crippen LogP contribution in [0.5, 0.6) is 11.5 Å². The molecule has 6 heteroatoms. The first-order chi connectivity index (χ1) is 13.0. The predicted octanol–water partition coefficient (Wildman–Crippen LogP) is 3.31. The summed E-state index contributed by atoms with van der Waals surface area (Å²) in [4.78, 5) is 4.74. The molecule has 2 N–H and O–H groups in total. The fraction of sp³-hybridized carbons (Fsp3) is 0.667. The maximum atomic E-state index is 6.09. The van der Waals surface area contributed by atoms with Crippen molar-refractivity contribution >= 4 is 5.96 Å². The lowest BCUT2D eigenvalue weighted by atomic mass is 9.78. The molecule has 0 radical (unpaired) electrons. The van der Waals surface area contributed by atoms with Gasteiger partial charge in [-0.25, -0.2) is 4.99 Å². The van der Waals surface area contributed by atoms with Gasteiger partial charge in [-0.15, -0.1) is 0 Å². The average Bonchev–Trinajstić information content (AvgIpc) is 3.11. The number of rotatable bonds is 5. The Labute approximate surface area is 162 Å². The van der Waals surface area contributed by atoms with Crippen LogP contribution in [0, 0.1) is 11.3 Å². The Bertz CT molecular complexity index is 655. The van der Waals surface area contributed by atoms with Crippen LogP contribution in [0.3, 0.4) is 0 Å². The lowest BCUT2D eigenvalue weighted by molar-refractivity contribution is -0.0835. The van der Waals surface area contributed by atoms with Crippen LogP contribution >= 0.6 is 0 Å². The van der Waals surface area contributed by atoms with Gasteiger partial charge in [0.1, 0.15) is 0 Å². The molecule has 0 aromatic heterocycles. The van der Waals surface area contributed by atoms with Gasteiger partial charge in [-0.2, -0.15) is 0 Å². The summed E-state index contributed by atoms with van der Waals surface area (Å²) in [7, 11) is 0. The van der Waals surface area contributed by atoms with Crippen molar-refractivity contribution in [2.45, 2.75) is 53.2 Å². The molecule has 1 fully saturated rings. The number of aliphatic imine (C=N–C) groups is 1. The highest BCUT2D eigenvalue weighted by atomic mass is 16.7. The second kappa shape index (κ2) is 8.83. The zero-order valence-electron chi connectivity index (χ0n) is 17.0. The Morgan fingerprint density at radius 1 is 1.19 bits per heavy atom. The van der Waals surface area contributed by atoms with Gasteiger partial charge in [0.25, 0.3) is 0 Å². The summed E-state index contributed by atoms with van der Waals surface area (Å²) in [6.07, 6.45) is 2.59. The molecule has 2 heterocycles. The summed E-state index contributed by atoms with van der Waals surface area (Å²) >= 11 is 0. The van der Waals surface area contributed by atoms with Crippen LogP contribution in [0.2, 0.25) is 0 Å². The van der Waals surface area contributed by atoms with E-state index < -0.39 is 0 Å². The molecule has 1 aromatic carbocycles. The average molecular weight is 376 g/mol. The Hall–Kier alpha value is -1.95. The van der Waals surface area contributed by atoms with Crippen molar-refractivity contribution in [3.05, 3.63) is 23.8 Å². The first-order valence-electron chi connectivity index (χ1n) is 9.99. The van der Waals surface area contributed by atoms with Gasteiger partial charge in [0.2, 0.25) is 6.79 Å². The van der Waals surface area contributed by atoms with E-state index in [9.17, 15) is 0 Å². The van der Waals surface area contributed by atoms with Crippen molar-refractivity contribution in [3.8, 4) is 11.5 Å². The van der Waals surface area contributed by atoms with Crippen LogP contribution in [0.25, 0.3) is 0 Å². The number of benzene rings is 1. The van der Waals surface area contributed by atoms with Crippen molar-refractivity contribution in [3.63, 3.8) is 0 Å². The number of fused-ring (bicyclic) bond motifs is 1. The van der Waals surface area contributed by atoms with Gasteiger partial charge < -0.3 is 24.8 Å². The number of nitrogens with one attached hydrogen (secondary N) is 2. The van der Waals surface area contributed by atoms with Gasteiger partial charge in [-0.05, 0) is 42.9 Å². The lowest BCUT2D eigenvalue weighted by Gasteiger charge is -2.40. The van der Waals surface area contributed by atoms with Crippen molar-refractivity contribution in [2.75, 3.05) is 26.5 Å². The summed E-state index contributed by atoms with van der Waals surface area (Å²) in [6, 6.07) is 5.98. The standard InChI is InChI=1S/C21H33N3O3/c1-5-22-20(23-12-15-8-9-17-18(11-15)27-14-26-17)24-13-16-7-6-10-25-19(16)21(2,3)4/h8-9,11,16,19H,5-7,10,12-14H2,1-4H3,(H2,22,23,24). The molecule has 0 amide bonds. The quantitative estimate of drug-likeness (QED) is 0.611. The van der Waals surface area contributed by atoms with E-state index in [2.05, 4.69) is 38.3 Å². The van der Waals surface area contributed by atoms with E-state index in [-0.39, 0.29) is 11.5 Å². The highest BCUT2D eigenvalue weighted by molar-refractivity contribution is 5.79. The summed E-state index contributed by atoms with van der Waals surface area (Å²) < 4.78 is 16.9. The van der Waals surface area contributed by atoms with Crippen LogP contribution in [-0.4, -0.2) is 38.6 Å². The largest absolute Gasteiger partial charge is 0.454 e. The second-order valence-corrected chi connectivity index (χ2v) is 8.32. The zero-order chi connectivity index (χ0) is 19.3. The molecule has 27 heavy (non-hydrogen) atoms. The molecule has 0 saturated carbocycles. The maximum absolute atomic E-state index is 6.09. The molecule has 2 aliphatic heterocycles. The van der Waals surface area contributed by atoms with Gasteiger partial charge in [0.05, 0.1) is 12.6 Å². The van der Waals surface area contributed by atoms with Gasteiger partial charge in [0, 0.05) is 25.6 Å². The van der Waals surface area contributed by atoms with Crippen molar-refractivity contribution in [2.24, 2.45) is 16.3 Å². The van der Waals surface area contributed by atoms with Crippen molar-refractivity contribution < 1.29 is 14.2 Å². The minimum atomic E-state index is 0.148. The molecule has 1 saturated heterocycles. The number of hydrogen-bond donors (Lipinski definition) is 2. The SMILES string of the molecule is CCNC(=NCc1ccc2c(c1)OCO2)NCC1CCCOC1C(C)(C)C. The van der Waals surface area contributed by atoms with E-state index in [1.807, 2.05) is 18.2 Å². The molecule has 2 atom stereocenters. The van der Waals surface area contributed by atoms with Crippen molar-refractivity contribution in [1.82, 2.24) is 10.6 Å². The van der Waals surface area contributed by atoms with Crippen LogP contribution in [0.15, 0.2) is 23.2 Å². The molecule has 2 unspecified atom stereocenters. The predicted molar refractivity (Wildman–Crippen MR) is 107 cm³/mol. The lowest BCUT2D eigenvalue weighted by Crippen LogP contribution is -2.47. The maximum Gasteiger partial charge on any atom is 0.231 e. The van der Waals surface area contributed by atoms with Gasteiger partial charge >= 0.3 is 0 Å². The van der Waals surface area contributed by atoms with E-state index in [4.69, 9.17) is 19.2 Å². The van der Waals surface area contributed by atoms with Crippen LogP contribution in [0.4, 0.5) is 0 Å². The number of ether oxygens (including phenoxy) is 3. The topological polar surface area (TPSA) is 64.1 Å². The van der Waals surface area contributed by atoms with E-state index >= 15 is 0 Å². The number of hydrogen-bond acceptors (Lipinski definition) is 4. The number of nitrogens with zero attached hydrogens (tertiary/aromatic N) is 1. The van der Waals surface area contributed by atoms with Gasteiger partial charge in [0.15, 0.2) is 17.5 Å². The van der Waals surface area contributed by atoms with E-state index in [0.29, 0.717) is 19.3 Å². The first-order valence-corrected chi connectivity index (χ1v) is 9.99. The highest BCUT2D eigenvalue weighted by Gasteiger charge is 2.35. The third-order valence-electron chi connectivity index (χ3n) is 5.03. The molecule has 0 aliphatic carbocycles. The smallest absolute Gasteiger partial charge is 0.231 e. The summed E-state index contributed by atoms with van der Waals surface area (Å²) in [5, 5.41) is 6.86. The second-order valence-electron chi connectivity index (χ2n) is 8.32. The summed E-state index contributed by atoms with van der Waals surface area (Å²) in [6.45, 7) is 12.3. The Kier molecular flexibility index (Phi) is 6.47. The molecule has 2 aliphatic rings. The molecular weight excluding hydrogens is 342 g/mol. The molecule has 0 spiro atoms. The molecule has 1 aromatic rings. The monoisotopic (exact) mass is 375 g/mol. The van der Waals surface area contributed by atoms with Crippen molar-refractivity contribution in [1.29, 1.82) is 0 Å². The Balaban J connectivity index is 1.60. The van der Waals surface area contributed by atoms with E-state index in [0.717, 1.165) is 49.1 Å². The van der Waals surface area contributed by atoms with Crippen LogP contribution in [0.1, 0.15) is 46.1 Å². The fourth-order valence-corrected chi connectivity index (χ4v) is 3.79. The first kappa shape index (κ1) is 19.8. The molecule has 6 nitrogen and oxygen atoms in total. The van der Waals surface area contributed by atoms with Crippen LogP contribution in [-0.2, 0) is 11.3 Å². The van der Waals surface area contributed by atoms with Gasteiger partial charge in [-0.1, -0.05) is 26.8 Å². The van der Waals surface area contributed by atoms with E-state index in [1.54, 1.807) is 0 Å². The minimum absolute atomic E-state index is 0.148. The summed E-state index contributed by atoms with van der Waals surface area (Å²) in [5.41, 5.74) is 1.25. The van der Waals surface area contributed by atoms with E-state index in [1.165, 1.54) is 6.42 Å². The molecule has 0 bridgehead atoms. The fourth-order valence-electron chi connectivity index (χ4n) is 3.79. The summed E-state index contributed by atoms with van der Waals surface area (Å²) in [5.74, 6) is 2.94. The normalized spacial score (nSPS) is 22.6. The Morgan fingerprint density at radius 2 is 2.00 bits per heavy atom. The molecular formula is C21H33N3O3. The zero-order valence-corrected chi connectivity index (χ0v) is 17.0. The highest BCUT2D eigenvalue weighted by Crippen LogP contribution is 2.34. The third kappa shape index (κ3) is 5.28. The number of guanidine groups is 1. The molecule has 3 rings (SSSR count). The minimum Gasteiger partial charge on any atom is -0.454 e. The molecule has 150 valence electrons. The van der Waals surface area contributed by atoms with Gasteiger partial charge in [-0.3, -0.25) is 0 Å². The Morgan fingerprint density at radius 3 is 2.78 bits per heavy atom.